The van der Waals surface area contributed by atoms with Gasteiger partial charge in [0.15, 0.2) is 0 Å². The molecule has 0 saturated heterocycles. The summed E-state index contributed by atoms with van der Waals surface area (Å²) in [5, 5.41) is 18.2. The van der Waals surface area contributed by atoms with Crippen molar-refractivity contribution in [1.29, 1.82) is 0 Å². The van der Waals surface area contributed by atoms with Gasteiger partial charge in [-0.05, 0) is 34.1 Å². The number of rotatable bonds is 6. The lowest BCUT2D eigenvalue weighted by atomic mass is 9.99. The molecule has 2 N–H and O–H groups in total. The normalized spacial score (nSPS) is 13.9. The molecule has 1 heterocycles. The van der Waals surface area contributed by atoms with Crippen LogP contribution in [-0.2, 0) is 19.5 Å². The first-order valence-electron chi connectivity index (χ1n) is 6.50. The highest BCUT2D eigenvalue weighted by Crippen LogP contribution is 2.22. The van der Waals surface area contributed by atoms with Crippen LogP contribution in [0.25, 0.3) is 0 Å². The maximum absolute atomic E-state index is 9.69. The molecule has 0 bridgehead atoms. The van der Waals surface area contributed by atoms with Gasteiger partial charge >= 0.3 is 0 Å². The van der Waals surface area contributed by atoms with E-state index in [-0.39, 0.29) is 5.54 Å². The van der Waals surface area contributed by atoms with E-state index < -0.39 is 6.10 Å². The first-order chi connectivity index (χ1) is 8.33. The number of aromatic nitrogens is 2. The zero-order chi connectivity index (χ0) is 13.9. The van der Waals surface area contributed by atoms with Gasteiger partial charge in [-0.1, -0.05) is 18.5 Å². The van der Waals surface area contributed by atoms with Crippen LogP contribution in [0, 0.1) is 0 Å². The first-order valence-corrected chi connectivity index (χ1v) is 6.88. The molecule has 0 aliphatic carbocycles. The molecule has 0 aromatic carbocycles. The van der Waals surface area contributed by atoms with Crippen LogP contribution in [0.3, 0.4) is 0 Å². The molecule has 0 aliphatic rings. The average molecular weight is 274 g/mol. The molecule has 4 nitrogen and oxygen atoms in total. The molecule has 1 atom stereocenters. The molecule has 18 heavy (non-hydrogen) atoms. The first kappa shape index (κ1) is 15.5. The third-order valence-corrected chi connectivity index (χ3v) is 3.89. The summed E-state index contributed by atoms with van der Waals surface area (Å²) in [5.74, 6) is 0. The van der Waals surface area contributed by atoms with Crippen molar-refractivity contribution >= 4 is 11.6 Å². The van der Waals surface area contributed by atoms with Gasteiger partial charge in [0, 0.05) is 18.6 Å². The van der Waals surface area contributed by atoms with E-state index in [0.717, 1.165) is 29.4 Å². The molecule has 0 saturated carbocycles. The minimum absolute atomic E-state index is 0.349. The third kappa shape index (κ3) is 3.25. The zero-order valence-corrected chi connectivity index (χ0v) is 12.7. The van der Waals surface area contributed by atoms with E-state index in [2.05, 4.69) is 10.4 Å². The molecule has 0 fully saturated rings. The van der Waals surface area contributed by atoms with E-state index in [1.165, 1.54) is 0 Å². The molecular formula is C13H24ClN3O. The second-order valence-electron chi connectivity index (χ2n) is 5.13. The SMILES string of the molecule is CCc1nn(CC)c(CNC(C)(C)C(C)O)c1Cl. The fraction of sp³-hybridized carbons (Fsp3) is 0.769. The van der Waals surface area contributed by atoms with Crippen LogP contribution < -0.4 is 5.32 Å². The molecule has 1 aromatic rings. The maximum Gasteiger partial charge on any atom is 0.0863 e. The summed E-state index contributed by atoms with van der Waals surface area (Å²) in [6, 6.07) is 0. The van der Waals surface area contributed by atoms with Gasteiger partial charge in [-0.25, -0.2) is 0 Å². The standard InChI is InChI=1S/C13H24ClN3O/c1-6-10-12(14)11(17(7-2)16-10)8-15-13(4,5)9(3)18/h9,15,18H,6-8H2,1-5H3. The monoisotopic (exact) mass is 273 g/mol. The summed E-state index contributed by atoms with van der Waals surface area (Å²) in [4.78, 5) is 0. The largest absolute Gasteiger partial charge is 0.392 e. The smallest absolute Gasteiger partial charge is 0.0863 e. The Morgan fingerprint density at radius 2 is 2.06 bits per heavy atom. The van der Waals surface area contributed by atoms with Gasteiger partial charge in [0.25, 0.3) is 0 Å². The lowest BCUT2D eigenvalue weighted by Crippen LogP contribution is -2.48. The molecule has 5 heteroatoms. The summed E-state index contributed by atoms with van der Waals surface area (Å²) in [6.07, 6.45) is 0.401. The minimum Gasteiger partial charge on any atom is -0.392 e. The fourth-order valence-corrected chi connectivity index (χ4v) is 1.98. The van der Waals surface area contributed by atoms with Crippen molar-refractivity contribution in [2.75, 3.05) is 0 Å². The number of hydrogen-bond acceptors (Lipinski definition) is 3. The number of aryl methyl sites for hydroxylation is 2. The fourth-order valence-electron chi connectivity index (χ4n) is 1.65. The van der Waals surface area contributed by atoms with Crippen molar-refractivity contribution in [1.82, 2.24) is 15.1 Å². The number of halogens is 1. The van der Waals surface area contributed by atoms with Crippen molar-refractivity contribution in [3.8, 4) is 0 Å². The predicted molar refractivity (Wildman–Crippen MR) is 74.9 cm³/mol. The predicted octanol–water partition coefficient (Wildman–Crippen LogP) is 2.37. The van der Waals surface area contributed by atoms with Crippen LogP contribution >= 0.6 is 11.6 Å². The highest BCUT2D eigenvalue weighted by molar-refractivity contribution is 6.31. The van der Waals surface area contributed by atoms with Crippen LogP contribution in [0.15, 0.2) is 0 Å². The maximum atomic E-state index is 9.69. The van der Waals surface area contributed by atoms with E-state index in [0.29, 0.717) is 6.54 Å². The average Bonchev–Trinajstić information content (AvgIpc) is 2.62. The van der Waals surface area contributed by atoms with E-state index in [4.69, 9.17) is 11.6 Å². The Balaban J connectivity index is 2.87. The Bertz CT molecular complexity index is 399. The highest BCUT2D eigenvalue weighted by atomic mass is 35.5. The summed E-state index contributed by atoms with van der Waals surface area (Å²) in [7, 11) is 0. The number of aliphatic hydroxyl groups excluding tert-OH is 1. The summed E-state index contributed by atoms with van der Waals surface area (Å²) < 4.78 is 1.92. The Kier molecular flexibility index (Phi) is 5.20. The third-order valence-electron chi connectivity index (χ3n) is 3.45. The van der Waals surface area contributed by atoms with Gasteiger partial charge in [0.1, 0.15) is 0 Å². The number of hydrogen-bond donors (Lipinski definition) is 2. The molecule has 0 aliphatic heterocycles. The number of nitrogens with one attached hydrogen (secondary N) is 1. The summed E-state index contributed by atoms with van der Waals surface area (Å²) in [5.41, 5.74) is 1.58. The molecule has 0 radical (unpaired) electrons. The lowest BCUT2D eigenvalue weighted by Gasteiger charge is -2.29. The Morgan fingerprint density at radius 1 is 1.44 bits per heavy atom. The van der Waals surface area contributed by atoms with Crippen molar-refractivity contribution in [3.05, 3.63) is 16.4 Å². The Labute approximate surface area is 114 Å². The molecule has 1 aromatic heterocycles. The van der Waals surface area contributed by atoms with Crippen LogP contribution in [0.5, 0.6) is 0 Å². The van der Waals surface area contributed by atoms with E-state index in [1.54, 1.807) is 6.92 Å². The van der Waals surface area contributed by atoms with Crippen molar-refractivity contribution in [3.63, 3.8) is 0 Å². The second kappa shape index (κ2) is 6.04. The topological polar surface area (TPSA) is 50.1 Å². The van der Waals surface area contributed by atoms with Crippen molar-refractivity contribution < 1.29 is 5.11 Å². The Hall–Kier alpha value is -0.580. The zero-order valence-electron chi connectivity index (χ0n) is 11.9. The molecular weight excluding hydrogens is 250 g/mol. The highest BCUT2D eigenvalue weighted by Gasteiger charge is 2.24. The number of nitrogens with zero attached hydrogens (tertiary/aromatic N) is 2. The van der Waals surface area contributed by atoms with E-state index in [9.17, 15) is 5.11 Å². The molecule has 0 amide bonds. The van der Waals surface area contributed by atoms with Crippen LogP contribution in [-0.4, -0.2) is 26.5 Å². The van der Waals surface area contributed by atoms with Crippen LogP contribution in [0.4, 0.5) is 0 Å². The lowest BCUT2D eigenvalue weighted by molar-refractivity contribution is 0.0951. The molecule has 0 spiro atoms. The van der Waals surface area contributed by atoms with Gasteiger partial charge in [-0.2, -0.15) is 5.10 Å². The second-order valence-corrected chi connectivity index (χ2v) is 5.51. The number of aliphatic hydroxyl groups is 1. The van der Waals surface area contributed by atoms with Gasteiger partial charge in [-0.3, -0.25) is 4.68 Å². The van der Waals surface area contributed by atoms with Gasteiger partial charge in [0.2, 0.25) is 0 Å². The van der Waals surface area contributed by atoms with Gasteiger partial charge < -0.3 is 10.4 Å². The van der Waals surface area contributed by atoms with Crippen LogP contribution in [0.1, 0.15) is 46.0 Å². The quantitative estimate of drug-likeness (QED) is 0.837. The van der Waals surface area contributed by atoms with Crippen molar-refractivity contribution in [2.24, 2.45) is 0 Å². The summed E-state index contributed by atoms with van der Waals surface area (Å²) in [6.45, 7) is 11.2. The molecule has 1 rings (SSSR count). The van der Waals surface area contributed by atoms with E-state index in [1.807, 2.05) is 32.4 Å². The summed E-state index contributed by atoms with van der Waals surface area (Å²) >= 11 is 6.33. The van der Waals surface area contributed by atoms with E-state index >= 15 is 0 Å². The Morgan fingerprint density at radius 3 is 2.50 bits per heavy atom. The van der Waals surface area contributed by atoms with Gasteiger partial charge in [-0.15, -0.1) is 0 Å². The molecule has 1 unspecified atom stereocenters. The minimum atomic E-state index is -0.431. The molecule has 104 valence electrons. The van der Waals surface area contributed by atoms with Gasteiger partial charge in [0.05, 0.1) is 22.5 Å². The van der Waals surface area contributed by atoms with Crippen molar-refractivity contribution in [2.45, 2.75) is 65.8 Å². The van der Waals surface area contributed by atoms with Crippen LogP contribution in [0.2, 0.25) is 5.02 Å².